The van der Waals surface area contributed by atoms with E-state index in [1.54, 1.807) is 29.1 Å². The number of hydrogen-bond donors (Lipinski definition) is 1. The number of nitrogens with zero attached hydrogens (tertiary/aromatic N) is 3. The molecule has 0 saturated heterocycles. The zero-order valence-electron chi connectivity index (χ0n) is 11.3. The van der Waals surface area contributed by atoms with E-state index >= 15 is 0 Å². The molecule has 0 spiro atoms. The van der Waals surface area contributed by atoms with Crippen molar-refractivity contribution in [2.24, 2.45) is 5.10 Å². The summed E-state index contributed by atoms with van der Waals surface area (Å²) in [6.07, 6.45) is 1.64. The molecule has 2 aromatic rings. The molecule has 2 rings (SSSR count). The largest absolute Gasteiger partial charge is 0.250 e. The Morgan fingerprint density at radius 2 is 2.05 bits per heavy atom. The molecule has 1 aromatic heterocycles. The summed E-state index contributed by atoms with van der Waals surface area (Å²) in [4.78, 5) is 0. The average molecular weight is 329 g/mol. The Kier molecular flexibility index (Phi) is 4.32. The number of halogens is 2. The highest BCUT2D eigenvalue weighted by Gasteiger charge is 2.21. The van der Waals surface area contributed by atoms with E-state index in [2.05, 4.69) is 15.3 Å². The van der Waals surface area contributed by atoms with E-state index < -0.39 is 0 Å². The fourth-order valence-electron chi connectivity index (χ4n) is 1.61. The van der Waals surface area contributed by atoms with Crippen LogP contribution in [0, 0.1) is 4.77 Å². The smallest absolute Gasteiger partial charge is 0.216 e. The van der Waals surface area contributed by atoms with Crippen LogP contribution in [0.3, 0.4) is 0 Å². The molecular weight excluding hydrogens is 315 g/mol. The average Bonchev–Trinajstić information content (AvgIpc) is 2.69. The second-order valence-corrected chi connectivity index (χ2v) is 6.55. The number of H-pyrrole nitrogens is 1. The minimum Gasteiger partial charge on any atom is -0.250 e. The second kappa shape index (κ2) is 5.68. The van der Waals surface area contributed by atoms with Gasteiger partial charge in [-0.3, -0.25) is 5.10 Å². The van der Waals surface area contributed by atoms with Gasteiger partial charge in [-0.05, 0) is 24.4 Å². The van der Waals surface area contributed by atoms with Crippen LogP contribution in [0.25, 0.3) is 0 Å². The fourth-order valence-corrected chi connectivity index (χ4v) is 2.25. The predicted octanol–water partition coefficient (Wildman–Crippen LogP) is 4.43. The Balaban J connectivity index is 2.42. The zero-order chi connectivity index (χ0) is 14.9. The molecule has 0 saturated carbocycles. The molecular formula is C13H14Cl2N4S. The van der Waals surface area contributed by atoms with E-state index in [1.165, 1.54) is 0 Å². The zero-order valence-corrected chi connectivity index (χ0v) is 13.6. The van der Waals surface area contributed by atoms with E-state index in [0.29, 0.717) is 14.8 Å². The molecule has 0 atom stereocenters. The lowest BCUT2D eigenvalue weighted by Crippen LogP contribution is -2.17. The molecule has 0 aliphatic rings. The van der Waals surface area contributed by atoms with Crippen LogP contribution >= 0.6 is 35.4 Å². The molecule has 106 valence electrons. The van der Waals surface area contributed by atoms with Crippen LogP contribution in [0.4, 0.5) is 0 Å². The summed E-state index contributed by atoms with van der Waals surface area (Å²) in [5, 5.41) is 12.4. The minimum atomic E-state index is -0.172. The van der Waals surface area contributed by atoms with Crippen molar-refractivity contribution in [1.29, 1.82) is 0 Å². The van der Waals surface area contributed by atoms with E-state index in [9.17, 15) is 0 Å². The maximum atomic E-state index is 6.10. The lowest BCUT2D eigenvalue weighted by molar-refractivity contribution is 0.516. The Bertz CT molecular complexity index is 710. The SMILES string of the molecule is CC(C)(C)c1n[nH]c(=S)n1/N=C\c1ccc(Cl)cc1Cl. The lowest BCUT2D eigenvalue weighted by Gasteiger charge is -2.15. The number of nitrogens with one attached hydrogen (secondary N) is 1. The van der Waals surface area contributed by atoms with Gasteiger partial charge in [0.15, 0.2) is 5.82 Å². The number of hydrogen-bond acceptors (Lipinski definition) is 3. The Morgan fingerprint density at radius 1 is 1.35 bits per heavy atom. The van der Waals surface area contributed by atoms with Crippen LogP contribution in [0.2, 0.25) is 10.0 Å². The first-order chi connectivity index (χ1) is 9.29. The van der Waals surface area contributed by atoms with Crippen molar-refractivity contribution in [3.05, 3.63) is 44.4 Å². The van der Waals surface area contributed by atoms with Crippen molar-refractivity contribution >= 4 is 41.6 Å². The van der Waals surface area contributed by atoms with Crippen molar-refractivity contribution in [3.63, 3.8) is 0 Å². The molecule has 0 aliphatic heterocycles. The van der Waals surface area contributed by atoms with Gasteiger partial charge in [0.1, 0.15) is 0 Å². The number of aromatic amines is 1. The number of aromatic nitrogens is 3. The molecule has 4 nitrogen and oxygen atoms in total. The Labute approximate surface area is 132 Å². The summed E-state index contributed by atoms with van der Waals surface area (Å²) in [7, 11) is 0. The van der Waals surface area contributed by atoms with E-state index in [1.807, 2.05) is 20.8 Å². The van der Waals surface area contributed by atoms with Crippen LogP contribution in [-0.4, -0.2) is 21.1 Å². The normalized spacial score (nSPS) is 12.2. The number of rotatable bonds is 2. The van der Waals surface area contributed by atoms with Gasteiger partial charge in [0.05, 0.1) is 11.2 Å². The Morgan fingerprint density at radius 3 is 2.65 bits per heavy atom. The molecule has 0 fully saturated rings. The van der Waals surface area contributed by atoms with Gasteiger partial charge in [-0.15, -0.1) is 0 Å². The second-order valence-electron chi connectivity index (χ2n) is 5.32. The predicted molar refractivity (Wildman–Crippen MR) is 85.6 cm³/mol. The van der Waals surface area contributed by atoms with Gasteiger partial charge >= 0.3 is 0 Å². The van der Waals surface area contributed by atoms with Crippen molar-refractivity contribution < 1.29 is 0 Å². The van der Waals surface area contributed by atoms with Gasteiger partial charge in [0, 0.05) is 16.0 Å². The first-order valence-electron chi connectivity index (χ1n) is 5.96. The van der Waals surface area contributed by atoms with Crippen LogP contribution in [0.5, 0.6) is 0 Å². The maximum Gasteiger partial charge on any atom is 0.216 e. The van der Waals surface area contributed by atoms with Crippen molar-refractivity contribution in [2.75, 3.05) is 0 Å². The van der Waals surface area contributed by atoms with Gasteiger partial charge < -0.3 is 0 Å². The molecule has 0 unspecified atom stereocenters. The van der Waals surface area contributed by atoms with E-state index in [-0.39, 0.29) is 5.41 Å². The molecule has 20 heavy (non-hydrogen) atoms. The monoisotopic (exact) mass is 328 g/mol. The van der Waals surface area contributed by atoms with E-state index in [4.69, 9.17) is 35.4 Å². The van der Waals surface area contributed by atoms with Gasteiger partial charge in [-0.2, -0.15) is 14.9 Å². The summed E-state index contributed by atoms with van der Waals surface area (Å²) < 4.78 is 2.04. The Hall–Kier alpha value is -1.17. The van der Waals surface area contributed by atoms with Crippen LogP contribution in [-0.2, 0) is 5.41 Å². The number of benzene rings is 1. The molecule has 1 N–H and O–H groups in total. The summed E-state index contributed by atoms with van der Waals surface area (Å²) in [6.45, 7) is 6.12. The third-order valence-electron chi connectivity index (χ3n) is 2.60. The third kappa shape index (κ3) is 3.29. The molecule has 7 heteroatoms. The topological polar surface area (TPSA) is 46.0 Å². The molecule has 1 heterocycles. The summed E-state index contributed by atoms with van der Waals surface area (Å²) in [5.41, 5.74) is 0.591. The van der Waals surface area contributed by atoms with Gasteiger partial charge in [-0.25, -0.2) is 0 Å². The fraction of sp³-hybridized carbons (Fsp3) is 0.308. The highest BCUT2D eigenvalue weighted by atomic mass is 35.5. The van der Waals surface area contributed by atoms with Crippen molar-refractivity contribution in [2.45, 2.75) is 26.2 Å². The lowest BCUT2D eigenvalue weighted by atomic mass is 9.96. The minimum absolute atomic E-state index is 0.172. The summed E-state index contributed by atoms with van der Waals surface area (Å²) >= 11 is 17.2. The van der Waals surface area contributed by atoms with Crippen molar-refractivity contribution in [3.8, 4) is 0 Å². The van der Waals surface area contributed by atoms with Gasteiger partial charge in [0.2, 0.25) is 4.77 Å². The van der Waals surface area contributed by atoms with Crippen LogP contribution in [0.15, 0.2) is 23.3 Å². The van der Waals surface area contributed by atoms with Gasteiger partial charge in [0.25, 0.3) is 0 Å². The molecule has 0 radical (unpaired) electrons. The van der Waals surface area contributed by atoms with Crippen LogP contribution < -0.4 is 0 Å². The summed E-state index contributed by atoms with van der Waals surface area (Å²) in [5.74, 6) is 0.754. The van der Waals surface area contributed by atoms with Crippen molar-refractivity contribution in [1.82, 2.24) is 14.9 Å². The molecule has 1 aromatic carbocycles. The summed E-state index contributed by atoms with van der Waals surface area (Å²) in [6, 6.07) is 5.23. The molecule has 0 aliphatic carbocycles. The highest BCUT2D eigenvalue weighted by Crippen LogP contribution is 2.21. The molecule has 0 bridgehead atoms. The quantitative estimate of drug-likeness (QED) is 0.654. The third-order valence-corrected chi connectivity index (χ3v) is 3.42. The van der Waals surface area contributed by atoms with Crippen LogP contribution in [0.1, 0.15) is 32.2 Å². The first kappa shape index (κ1) is 15.2. The first-order valence-corrected chi connectivity index (χ1v) is 7.13. The highest BCUT2D eigenvalue weighted by molar-refractivity contribution is 7.71. The maximum absolute atomic E-state index is 6.10. The standard InChI is InChI=1S/C13H14Cl2N4S/c1-13(2,3)11-17-18-12(20)19(11)16-7-8-4-5-9(14)6-10(8)15/h4-7H,1-3H3,(H,18,20)/b16-7-. The van der Waals surface area contributed by atoms with Gasteiger partial charge in [-0.1, -0.05) is 50.0 Å². The molecule has 0 amide bonds. The van der Waals surface area contributed by atoms with E-state index in [0.717, 1.165) is 11.4 Å².